The molecule has 0 spiro atoms. The average Bonchev–Trinajstić information content (AvgIpc) is 2.96. The minimum absolute atomic E-state index is 0.179. The number of hydrogen-bond acceptors (Lipinski definition) is 6. The predicted molar refractivity (Wildman–Crippen MR) is 89.7 cm³/mol. The molecular formula is C16H18N2O5S. The van der Waals surface area contributed by atoms with E-state index >= 15 is 0 Å². The van der Waals surface area contributed by atoms with E-state index in [1.165, 1.54) is 18.9 Å². The molecule has 2 aliphatic heterocycles. The fourth-order valence-corrected chi connectivity index (χ4v) is 3.60. The SMILES string of the molecule is O=C(O)CN1C(=O)S/C(=C/c2ccc(N3CCCCCC3)o2)C1=O. The first-order valence-corrected chi connectivity index (χ1v) is 8.68. The highest BCUT2D eigenvalue weighted by Crippen LogP contribution is 2.33. The normalized spacial score (nSPS) is 20.8. The smallest absolute Gasteiger partial charge is 0.323 e. The molecule has 0 atom stereocenters. The maximum absolute atomic E-state index is 12.1. The maximum Gasteiger partial charge on any atom is 0.323 e. The fraction of sp³-hybridized carbons (Fsp3) is 0.438. The first-order valence-electron chi connectivity index (χ1n) is 7.86. The van der Waals surface area contributed by atoms with Crippen LogP contribution in [0, 0.1) is 0 Å². The van der Waals surface area contributed by atoms with Crippen LogP contribution in [0.3, 0.4) is 0 Å². The highest BCUT2D eigenvalue weighted by molar-refractivity contribution is 8.18. The number of carbonyl (C=O) groups is 3. The lowest BCUT2D eigenvalue weighted by molar-refractivity contribution is -0.140. The molecule has 2 fully saturated rings. The van der Waals surface area contributed by atoms with Crippen LogP contribution in [0.1, 0.15) is 31.4 Å². The van der Waals surface area contributed by atoms with Gasteiger partial charge in [-0.25, -0.2) is 0 Å². The van der Waals surface area contributed by atoms with Crippen molar-refractivity contribution < 1.29 is 23.9 Å². The van der Waals surface area contributed by atoms with Gasteiger partial charge in [-0.1, -0.05) is 12.8 Å². The Labute approximate surface area is 143 Å². The number of carboxylic acid groups (broad SMARTS) is 1. The van der Waals surface area contributed by atoms with Crippen molar-refractivity contribution in [3.8, 4) is 0 Å². The van der Waals surface area contributed by atoms with E-state index in [9.17, 15) is 14.4 Å². The summed E-state index contributed by atoms with van der Waals surface area (Å²) in [5.41, 5.74) is 0. The molecule has 0 saturated carbocycles. The molecule has 0 bridgehead atoms. The van der Waals surface area contributed by atoms with E-state index in [0.717, 1.165) is 48.5 Å². The van der Waals surface area contributed by atoms with Gasteiger partial charge in [0.1, 0.15) is 12.3 Å². The van der Waals surface area contributed by atoms with Gasteiger partial charge in [-0.05, 0) is 30.7 Å². The van der Waals surface area contributed by atoms with Gasteiger partial charge in [-0.2, -0.15) is 0 Å². The molecule has 0 aromatic carbocycles. The van der Waals surface area contributed by atoms with Crippen molar-refractivity contribution >= 4 is 40.8 Å². The molecule has 1 N–H and O–H groups in total. The number of aliphatic carboxylic acids is 1. The summed E-state index contributed by atoms with van der Waals surface area (Å²) in [6, 6.07) is 3.62. The van der Waals surface area contributed by atoms with E-state index in [4.69, 9.17) is 9.52 Å². The minimum Gasteiger partial charge on any atom is -0.480 e. The maximum atomic E-state index is 12.1. The van der Waals surface area contributed by atoms with Crippen LogP contribution in [0.5, 0.6) is 0 Å². The number of amides is 2. The van der Waals surface area contributed by atoms with Crippen molar-refractivity contribution in [2.24, 2.45) is 0 Å². The van der Waals surface area contributed by atoms with Crippen LogP contribution < -0.4 is 4.90 Å². The molecule has 0 unspecified atom stereocenters. The highest BCUT2D eigenvalue weighted by Gasteiger charge is 2.36. The molecule has 24 heavy (non-hydrogen) atoms. The van der Waals surface area contributed by atoms with Crippen molar-refractivity contribution in [1.29, 1.82) is 0 Å². The van der Waals surface area contributed by atoms with Gasteiger partial charge in [0, 0.05) is 25.2 Å². The molecule has 2 aliphatic rings. The molecule has 1 aromatic rings. The number of nitrogens with zero attached hydrogens (tertiary/aromatic N) is 2. The van der Waals surface area contributed by atoms with Gasteiger partial charge in [0.2, 0.25) is 0 Å². The Morgan fingerprint density at radius 1 is 1.21 bits per heavy atom. The first kappa shape index (κ1) is 16.6. The lowest BCUT2D eigenvalue weighted by Crippen LogP contribution is -2.33. The van der Waals surface area contributed by atoms with Gasteiger partial charge < -0.3 is 14.4 Å². The van der Waals surface area contributed by atoms with Crippen LogP contribution in [0.25, 0.3) is 6.08 Å². The zero-order chi connectivity index (χ0) is 17.1. The van der Waals surface area contributed by atoms with Gasteiger partial charge in [-0.15, -0.1) is 0 Å². The summed E-state index contributed by atoms with van der Waals surface area (Å²) < 4.78 is 5.78. The molecule has 7 nitrogen and oxygen atoms in total. The second-order valence-electron chi connectivity index (χ2n) is 5.74. The Bertz CT molecular complexity index is 688. The van der Waals surface area contributed by atoms with Crippen molar-refractivity contribution in [2.45, 2.75) is 25.7 Å². The van der Waals surface area contributed by atoms with Crippen molar-refractivity contribution in [3.05, 3.63) is 22.8 Å². The summed E-state index contributed by atoms with van der Waals surface area (Å²) in [5.74, 6) is -0.580. The third-order valence-corrected chi connectivity index (χ3v) is 4.88. The lowest BCUT2D eigenvalue weighted by atomic mass is 10.2. The molecule has 0 aliphatic carbocycles. The van der Waals surface area contributed by atoms with E-state index in [1.807, 2.05) is 6.07 Å². The Kier molecular flexibility index (Phi) is 4.94. The fourth-order valence-electron chi connectivity index (χ4n) is 2.78. The van der Waals surface area contributed by atoms with Crippen LogP contribution in [-0.4, -0.2) is 46.8 Å². The largest absolute Gasteiger partial charge is 0.480 e. The molecule has 1 aromatic heterocycles. The topological polar surface area (TPSA) is 91.1 Å². The quantitative estimate of drug-likeness (QED) is 0.835. The van der Waals surface area contributed by atoms with Gasteiger partial charge in [-0.3, -0.25) is 19.3 Å². The second-order valence-corrected chi connectivity index (χ2v) is 6.73. The number of rotatable bonds is 4. The van der Waals surface area contributed by atoms with Crippen LogP contribution in [0.2, 0.25) is 0 Å². The Morgan fingerprint density at radius 3 is 2.58 bits per heavy atom. The average molecular weight is 350 g/mol. The number of hydrogen-bond donors (Lipinski definition) is 1. The molecular weight excluding hydrogens is 332 g/mol. The summed E-state index contributed by atoms with van der Waals surface area (Å²) >= 11 is 0.728. The lowest BCUT2D eigenvalue weighted by Gasteiger charge is -2.18. The van der Waals surface area contributed by atoms with Gasteiger partial charge in [0.15, 0.2) is 5.88 Å². The predicted octanol–water partition coefficient (Wildman–Crippen LogP) is 2.78. The monoisotopic (exact) mass is 350 g/mol. The Hall–Kier alpha value is -2.22. The van der Waals surface area contributed by atoms with E-state index in [2.05, 4.69) is 4.90 Å². The zero-order valence-electron chi connectivity index (χ0n) is 13.1. The van der Waals surface area contributed by atoms with E-state index < -0.39 is 23.7 Å². The van der Waals surface area contributed by atoms with Crippen LogP contribution in [-0.2, 0) is 9.59 Å². The minimum atomic E-state index is -1.22. The van der Waals surface area contributed by atoms with Crippen molar-refractivity contribution in [2.75, 3.05) is 24.5 Å². The van der Waals surface area contributed by atoms with Crippen molar-refractivity contribution in [1.82, 2.24) is 4.90 Å². The molecule has 3 heterocycles. The third-order valence-electron chi connectivity index (χ3n) is 3.97. The Morgan fingerprint density at radius 2 is 1.92 bits per heavy atom. The number of imide groups is 1. The number of carboxylic acids is 1. The summed E-state index contributed by atoms with van der Waals surface area (Å²) in [7, 11) is 0. The van der Waals surface area contributed by atoms with Gasteiger partial charge >= 0.3 is 5.97 Å². The molecule has 8 heteroatoms. The number of furan rings is 1. The zero-order valence-corrected chi connectivity index (χ0v) is 13.9. The first-order chi connectivity index (χ1) is 11.5. The van der Waals surface area contributed by atoms with Crippen LogP contribution >= 0.6 is 11.8 Å². The molecule has 3 rings (SSSR count). The number of anilines is 1. The Balaban J connectivity index is 1.73. The molecule has 2 amide bonds. The van der Waals surface area contributed by atoms with Crippen LogP contribution in [0.4, 0.5) is 10.7 Å². The summed E-state index contributed by atoms with van der Waals surface area (Å²) in [5, 5.41) is 8.18. The molecule has 2 saturated heterocycles. The van der Waals surface area contributed by atoms with E-state index in [1.54, 1.807) is 6.07 Å². The standard InChI is InChI=1S/C16H18N2O5S/c19-14(20)10-18-15(21)12(24-16(18)22)9-11-5-6-13(23-11)17-7-3-1-2-4-8-17/h5-6,9H,1-4,7-8,10H2,(H,19,20)/b12-9+. The third kappa shape index (κ3) is 3.64. The summed E-state index contributed by atoms with van der Waals surface area (Å²) in [4.78, 5) is 37.6. The van der Waals surface area contributed by atoms with Gasteiger partial charge in [0.05, 0.1) is 4.91 Å². The second kappa shape index (κ2) is 7.12. The molecule has 128 valence electrons. The van der Waals surface area contributed by atoms with Crippen LogP contribution in [0.15, 0.2) is 21.5 Å². The van der Waals surface area contributed by atoms with E-state index in [-0.39, 0.29) is 4.91 Å². The van der Waals surface area contributed by atoms with Crippen molar-refractivity contribution in [3.63, 3.8) is 0 Å². The summed E-state index contributed by atoms with van der Waals surface area (Å²) in [6.07, 6.45) is 6.20. The van der Waals surface area contributed by atoms with E-state index in [0.29, 0.717) is 5.76 Å². The highest BCUT2D eigenvalue weighted by atomic mass is 32.2. The number of carbonyl (C=O) groups excluding carboxylic acids is 2. The molecule has 0 radical (unpaired) electrons. The van der Waals surface area contributed by atoms with Gasteiger partial charge in [0.25, 0.3) is 11.1 Å². The number of thioether (sulfide) groups is 1. The summed E-state index contributed by atoms with van der Waals surface area (Å²) in [6.45, 7) is 1.27.